The molecule has 17 heavy (non-hydrogen) atoms. The fourth-order valence-corrected chi connectivity index (χ4v) is 2.27. The van der Waals surface area contributed by atoms with Crippen LogP contribution < -0.4 is 5.32 Å². The molecule has 1 atom stereocenters. The summed E-state index contributed by atoms with van der Waals surface area (Å²) < 4.78 is 0. The van der Waals surface area contributed by atoms with E-state index in [2.05, 4.69) is 10.3 Å². The highest BCUT2D eigenvalue weighted by Crippen LogP contribution is 2.19. The van der Waals surface area contributed by atoms with Crippen LogP contribution in [0, 0.1) is 0 Å². The average molecular weight is 293 g/mol. The van der Waals surface area contributed by atoms with Gasteiger partial charge in [0.1, 0.15) is 5.15 Å². The van der Waals surface area contributed by atoms with E-state index < -0.39 is 0 Å². The van der Waals surface area contributed by atoms with Crippen molar-refractivity contribution in [1.29, 1.82) is 0 Å². The van der Waals surface area contributed by atoms with Crippen LogP contribution in [0.15, 0.2) is 12.3 Å². The molecular formula is C11H14Cl2N2OS. The highest BCUT2D eigenvalue weighted by atomic mass is 35.5. The number of nitrogens with one attached hydrogen (secondary N) is 1. The molecule has 0 saturated carbocycles. The van der Waals surface area contributed by atoms with Crippen LogP contribution in [0.3, 0.4) is 0 Å². The van der Waals surface area contributed by atoms with E-state index >= 15 is 0 Å². The molecular weight excluding hydrogens is 279 g/mol. The number of thioether (sulfide) groups is 1. The molecule has 0 spiro atoms. The molecule has 0 aromatic carbocycles. The van der Waals surface area contributed by atoms with Gasteiger partial charge in [0.15, 0.2) is 0 Å². The fraction of sp³-hybridized carbons (Fsp3) is 0.455. The Morgan fingerprint density at radius 2 is 2.29 bits per heavy atom. The standard InChI is InChI=1S/C11H14Cl2N2OS/c1-3-8(6-17-2)15-11(16)7-4-9(12)10(13)14-5-7/h4-5,8H,3,6H2,1-2H3,(H,15,16). The molecule has 1 aromatic rings. The maximum atomic E-state index is 11.9. The third-order valence-corrected chi connectivity index (χ3v) is 3.68. The first-order valence-corrected chi connectivity index (χ1v) is 7.34. The molecule has 1 N–H and O–H groups in total. The number of halogens is 2. The number of hydrogen-bond acceptors (Lipinski definition) is 3. The number of carbonyl (C=O) groups is 1. The van der Waals surface area contributed by atoms with E-state index in [0.717, 1.165) is 12.2 Å². The first-order chi connectivity index (χ1) is 8.08. The summed E-state index contributed by atoms with van der Waals surface area (Å²) in [6.07, 6.45) is 4.33. The molecule has 0 bridgehead atoms. The topological polar surface area (TPSA) is 42.0 Å². The molecule has 1 rings (SSSR count). The maximum absolute atomic E-state index is 11.9. The van der Waals surface area contributed by atoms with Crippen LogP contribution >= 0.6 is 35.0 Å². The Kier molecular flexibility index (Phi) is 6.09. The lowest BCUT2D eigenvalue weighted by Gasteiger charge is -2.15. The van der Waals surface area contributed by atoms with Gasteiger partial charge in [-0.25, -0.2) is 4.98 Å². The summed E-state index contributed by atoms with van der Waals surface area (Å²) in [4.78, 5) is 15.7. The van der Waals surface area contributed by atoms with Crippen molar-refractivity contribution in [3.8, 4) is 0 Å². The summed E-state index contributed by atoms with van der Waals surface area (Å²) in [7, 11) is 0. The first kappa shape index (κ1) is 14.6. The van der Waals surface area contributed by atoms with E-state index in [0.29, 0.717) is 5.56 Å². The van der Waals surface area contributed by atoms with Gasteiger partial charge in [0.2, 0.25) is 0 Å². The average Bonchev–Trinajstić information content (AvgIpc) is 2.31. The fourth-order valence-electron chi connectivity index (χ4n) is 1.28. The predicted octanol–water partition coefficient (Wildman–Crippen LogP) is 3.26. The lowest BCUT2D eigenvalue weighted by atomic mass is 10.2. The summed E-state index contributed by atoms with van der Waals surface area (Å²) in [5.74, 6) is 0.716. The Labute approximate surface area is 115 Å². The second-order valence-electron chi connectivity index (χ2n) is 3.53. The molecule has 6 heteroatoms. The number of nitrogens with zero attached hydrogens (tertiary/aromatic N) is 1. The number of rotatable bonds is 5. The molecule has 3 nitrogen and oxygen atoms in total. The molecule has 0 fully saturated rings. The summed E-state index contributed by atoms with van der Waals surface area (Å²) >= 11 is 13.2. The van der Waals surface area contributed by atoms with Crippen molar-refractivity contribution < 1.29 is 4.79 Å². The molecule has 1 aromatic heterocycles. The Balaban J connectivity index is 2.72. The largest absolute Gasteiger partial charge is 0.348 e. The van der Waals surface area contributed by atoms with Crippen LogP contribution in [0.25, 0.3) is 0 Å². The highest BCUT2D eigenvalue weighted by Gasteiger charge is 2.13. The van der Waals surface area contributed by atoms with Crippen LogP contribution in [0.4, 0.5) is 0 Å². The zero-order valence-electron chi connectivity index (χ0n) is 9.67. The first-order valence-electron chi connectivity index (χ1n) is 5.19. The van der Waals surface area contributed by atoms with Crippen molar-refractivity contribution in [2.24, 2.45) is 0 Å². The van der Waals surface area contributed by atoms with Gasteiger partial charge in [-0.15, -0.1) is 0 Å². The summed E-state index contributed by atoms with van der Waals surface area (Å²) in [6.45, 7) is 2.04. The second-order valence-corrected chi connectivity index (χ2v) is 5.21. The molecule has 0 aliphatic carbocycles. The Bertz CT molecular complexity index is 401. The molecule has 0 aliphatic rings. The Morgan fingerprint density at radius 3 is 2.82 bits per heavy atom. The zero-order chi connectivity index (χ0) is 12.8. The van der Waals surface area contributed by atoms with E-state index in [4.69, 9.17) is 23.2 Å². The van der Waals surface area contributed by atoms with Gasteiger partial charge in [-0.05, 0) is 18.7 Å². The van der Waals surface area contributed by atoms with E-state index in [1.807, 2.05) is 13.2 Å². The summed E-state index contributed by atoms with van der Waals surface area (Å²) in [5.41, 5.74) is 0.430. The van der Waals surface area contributed by atoms with Gasteiger partial charge in [0, 0.05) is 18.0 Å². The van der Waals surface area contributed by atoms with Gasteiger partial charge in [-0.1, -0.05) is 30.1 Å². The van der Waals surface area contributed by atoms with Crippen molar-refractivity contribution in [3.63, 3.8) is 0 Å². The molecule has 0 radical (unpaired) electrons. The highest BCUT2D eigenvalue weighted by molar-refractivity contribution is 7.98. The minimum absolute atomic E-state index is 0.159. The van der Waals surface area contributed by atoms with Gasteiger partial charge >= 0.3 is 0 Å². The van der Waals surface area contributed by atoms with E-state index in [9.17, 15) is 4.79 Å². The monoisotopic (exact) mass is 292 g/mol. The zero-order valence-corrected chi connectivity index (χ0v) is 12.0. The van der Waals surface area contributed by atoms with Crippen LogP contribution in [0.1, 0.15) is 23.7 Å². The number of pyridine rings is 1. The minimum Gasteiger partial charge on any atom is -0.348 e. The van der Waals surface area contributed by atoms with E-state index in [1.165, 1.54) is 12.3 Å². The van der Waals surface area contributed by atoms with Crippen LogP contribution in [-0.2, 0) is 0 Å². The second kappa shape index (κ2) is 7.09. The molecule has 94 valence electrons. The Morgan fingerprint density at radius 1 is 1.59 bits per heavy atom. The number of amides is 1. The maximum Gasteiger partial charge on any atom is 0.253 e. The third-order valence-electron chi connectivity index (χ3n) is 2.25. The van der Waals surface area contributed by atoms with Crippen LogP contribution in [0.2, 0.25) is 10.2 Å². The van der Waals surface area contributed by atoms with E-state index in [1.54, 1.807) is 11.8 Å². The predicted molar refractivity (Wildman–Crippen MR) is 74.2 cm³/mol. The van der Waals surface area contributed by atoms with Gasteiger partial charge in [0.25, 0.3) is 5.91 Å². The summed E-state index contributed by atoms with van der Waals surface area (Å²) in [6, 6.07) is 1.69. The molecule has 1 unspecified atom stereocenters. The van der Waals surface area contributed by atoms with Crippen molar-refractivity contribution in [1.82, 2.24) is 10.3 Å². The van der Waals surface area contributed by atoms with E-state index in [-0.39, 0.29) is 22.1 Å². The quantitative estimate of drug-likeness (QED) is 0.847. The third kappa shape index (κ3) is 4.37. The van der Waals surface area contributed by atoms with Gasteiger partial charge in [-0.3, -0.25) is 4.79 Å². The molecule has 1 amide bonds. The minimum atomic E-state index is -0.169. The van der Waals surface area contributed by atoms with Crippen LogP contribution in [-0.4, -0.2) is 28.9 Å². The van der Waals surface area contributed by atoms with Gasteiger partial charge < -0.3 is 5.32 Å². The number of hydrogen-bond donors (Lipinski definition) is 1. The SMILES string of the molecule is CCC(CSC)NC(=O)c1cnc(Cl)c(Cl)c1. The van der Waals surface area contributed by atoms with Crippen molar-refractivity contribution >= 4 is 40.9 Å². The lowest BCUT2D eigenvalue weighted by molar-refractivity contribution is 0.0939. The molecule has 0 aliphatic heterocycles. The normalized spacial score (nSPS) is 12.2. The van der Waals surface area contributed by atoms with Gasteiger partial charge in [-0.2, -0.15) is 11.8 Å². The van der Waals surface area contributed by atoms with Crippen LogP contribution in [0.5, 0.6) is 0 Å². The van der Waals surface area contributed by atoms with Crippen molar-refractivity contribution in [3.05, 3.63) is 28.0 Å². The van der Waals surface area contributed by atoms with Crippen molar-refractivity contribution in [2.75, 3.05) is 12.0 Å². The number of aromatic nitrogens is 1. The number of carbonyl (C=O) groups excluding carboxylic acids is 1. The van der Waals surface area contributed by atoms with Crippen molar-refractivity contribution in [2.45, 2.75) is 19.4 Å². The summed E-state index contributed by atoms with van der Waals surface area (Å²) in [5, 5.41) is 3.43. The van der Waals surface area contributed by atoms with Gasteiger partial charge in [0.05, 0.1) is 10.6 Å². The smallest absolute Gasteiger partial charge is 0.253 e. The Hall–Kier alpha value is -0.450. The molecule has 0 saturated heterocycles. The molecule has 1 heterocycles. The lowest BCUT2D eigenvalue weighted by Crippen LogP contribution is -2.36.